The second kappa shape index (κ2) is 7.33. The summed E-state index contributed by atoms with van der Waals surface area (Å²) in [4.78, 5) is 0. The molecule has 112 valence electrons. The van der Waals surface area contributed by atoms with E-state index in [4.69, 9.17) is 16.3 Å². The van der Waals surface area contributed by atoms with Crippen molar-refractivity contribution in [3.05, 3.63) is 28.8 Å². The van der Waals surface area contributed by atoms with Gasteiger partial charge in [-0.15, -0.1) is 0 Å². The highest BCUT2D eigenvalue weighted by molar-refractivity contribution is 6.31. The molecule has 2 nitrogen and oxygen atoms in total. The van der Waals surface area contributed by atoms with E-state index in [1.807, 2.05) is 18.2 Å². The van der Waals surface area contributed by atoms with Crippen molar-refractivity contribution in [1.29, 1.82) is 0 Å². The van der Waals surface area contributed by atoms with E-state index in [1.54, 1.807) is 7.11 Å². The van der Waals surface area contributed by atoms with E-state index in [2.05, 4.69) is 19.2 Å². The lowest BCUT2D eigenvalue weighted by Crippen LogP contribution is -2.33. The molecule has 0 bridgehead atoms. The molecule has 0 amide bonds. The van der Waals surface area contributed by atoms with Gasteiger partial charge in [0.1, 0.15) is 5.75 Å². The van der Waals surface area contributed by atoms with Crippen LogP contribution < -0.4 is 10.1 Å². The summed E-state index contributed by atoms with van der Waals surface area (Å²) in [6.45, 7) is 5.47. The molecule has 1 N–H and O–H groups in total. The number of hydrogen-bond acceptors (Lipinski definition) is 2. The number of nitrogens with one attached hydrogen (secondary N) is 1. The zero-order valence-corrected chi connectivity index (χ0v) is 13.5. The van der Waals surface area contributed by atoms with Crippen LogP contribution in [0.4, 0.5) is 0 Å². The first-order chi connectivity index (χ1) is 9.61. The number of ether oxygens (including phenoxy) is 1. The largest absolute Gasteiger partial charge is 0.496 e. The summed E-state index contributed by atoms with van der Waals surface area (Å²) >= 11 is 6.27. The van der Waals surface area contributed by atoms with Gasteiger partial charge >= 0.3 is 0 Å². The molecule has 0 atom stereocenters. The standard InChI is InChI=1S/C17H26ClNO/c1-12(2)13-7-9-14(10-8-13)19-11-15-16(18)5-4-6-17(15)20-3/h4-6,12-14,19H,7-11H2,1-3H3. The van der Waals surface area contributed by atoms with Gasteiger partial charge in [0.05, 0.1) is 7.11 Å². The van der Waals surface area contributed by atoms with E-state index in [0.717, 1.165) is 34.7 Å². The zero-order chi connectivity index (χ0) is 14.5. The fourth-order valence-electron chi connectivity index (χ4n) is 3.14. The summed E-state index contributed by atoms with van der Waals surface area (Å²) in [5.41, 5.74) is 1.07. The molecule has 1 aromatic carbocycles. The highest BCUT2D eigenvalue weighted by Gasteiger charge is 2.23. The molecule has 1 aliphatic carbocycles. The number of halogens is 1. The highest BCUT2D eigenvalue weighted by Crippen LogP contribution is 2.31. The summed E-state index contributed by atoms with van der Waals surface area (Å²) < 4.78 is 5.39. The summed E-state index contributed by atoms with van der Waals surface area (Å²) in [5, 5.41) is 4.43. The smallest absolute Gasteiger partial charge is 0.124 e. The van der Waals surface area contributed by atoms with Crippen molar-refractivity contribution in [2.24, 2.45) is 11.8 Å². The maximum Gasteiger partial charge on any atom is 0.124 e. The van der Waals surface area contributed by atoms with Gasteiger partial charge in [-0.2, -0.15) is 0 Å². The van der Waals surface area contributed by atoms with Crippen LogP contribution in [0.3, 0.4) is 0 Å². The third kappa shape index (κ3) is 3.89. The van der Waals surface area contributed by atoms with Gasteiger partial charge in [-0.05, 0) is 49.7 Å². The molecule has 0 spiro atoms. The first-order valence-corrected chi connectivity index (χ1v) is 8.04. The third-order valence-corrected chi connectivity index (χ3v) is 4.93. The molecule has 0 unspecified atom stereocenters. The number of methoxy groups -OCH3 is 1. The SMILES string of the molecule is COc1cccc(Cl)c1CNC1CCC(C(C)C)CC1. The van der Waals surface area contributed by atoms with Crippen LogP contribution in [0.5, 0.6) is 5.75 Å². The van der Waals surface area contributed by atoms with Crippen LogP contribution in [-0.2, 0) is 6.54 Å². The van der Waals surface area contributed by atoms with E-state index >= 15 is 0 Å². The normalized spacial score (nSPS) is 23.1. The molecule has 1 fully saturated rings. The lowest BCUT2D eigenvalue weighted by atomic mass is 9.79. The van der Waals surface area contributed by atoms with Crippen LogP contribution in [0.15, 0.2) is 18.2 Å². The Morgan fingerprint density at radius 1 is 1.25 bits per heavy atom. The second-order valence-corrected chi connectivity index (χ2v) is 6.56. The van der Waals surface area contributed by atoms with E-state index in [1.165, 1.54) is 25.7 Å². The monoisotopic (exact) mass is 295 g/mol. The minimum Gasteiger partial charge on any atom is -0.496 e. The highest BCUT2D eigenvalue weighted by atomic mass is 35.5. The van der Waals surface area contributed by atoms with E-state index in [0.29, 0.717) is 6.04 Å². The minimum absolute atomic E-state index is 0.617. The van der Waals surface area contributed by atoms with Gasteiger partial charge in [-0.25, -0.2) is 0 Å². The topological polar surface area (TPSA) is 21.3 Å². The molecule has 0 aromatic heterocycles. The van der Waals surface area contributed by atoms with Crippen molar-refractivity contribution in [1.82, 2.24) is 5.32 Å². The maximum absolute atomic E-state index is 6.27. The van der Waals surface area contributed by atoms with Crippen LogP contribution >= 0.6 is 11.6 Å². The lowest BCUT2D eigenvalue weighted by molar-refractivity contribution is 0.237. The molecular formula is C17H26ClNO. The van der Waals surface area contributed by atoms with Gasteiger partial charge in [0.15, 0.2) is 0 Å². The molecule has 0 radical (unpaired) electrons. The fourth-order valence-corrected chi connectivity index (χ4v) is 3.37. The van der Waals surface area contributed by atoms with Crippen molar-refractivity contribution in [3.63, 3.8) is 0 Å². The Balaban J connectivity index is 1.88. The third-order valence-electron chi connectivity index (χ3n) is 4.58. The van der Waals surface area contributed by atoms with Crippen LogP contribution in [0.2, 0.25) is 5.02 Å². The molecule has 0 saturated heterocycles. The predicted molar refractivity (Wildman–Crippen MR) is 85.4 cm³/mol. The number of hydrogen-bond donors (Lipinski definition) is 1. The van der Waals surface area contributed by atoms with Gasteiger partial charge < -0.3 is 10.1 Å². The summed E-state index contributed by atoms with van der Waals surface area (Å²) in [6, 6.07) is 6.44. The van der Waals surface area contributed by atoms with Crippen molar-refractivity contribution < 1.29 is 4.74 Å². The average molecular weight is 296 g/mol. The summed E-state index contributed by atoms with van der Waals surface area (Å²) in [6.07, 6.45) is 5.23. The fraction of sp³-hybridized carbons (Fsp3) is 0.647. The zero-order valence-electron chi connectivity index (χ0n) is 12.8. The number of rotatable bonds is 5. The van der Waals surface area contributed by atoms with Gasteiger partial charge in [-0.3, -0.25) is 0 Å². The van der Waals surface area contributed by atoms with E-state index < -0.39 is 0 Å². The van der Waals surface area contributed by atoms with Gasteiger partial charge in [0.25, 0.3) is 0 Å². The Kier molecular flexibility index (Phi) is 5.74. The Labute approximate surface area is 127 Å². The molecule has 2 rings (SSSR count). The van der Waals surface area contributed by atoms with Crippen molar-refractivity contribution in [2.75, 3.05) is 7.11 Å². The van der Waals surface area contributed by atoms with Crippen LogP contribution in [-0.4, -0.2) is 13.2 Å². The molecule has 1 aliphatic rings. The molecule has 20 heavy (non-hydrogen) atoms. The summed E-state index contributed by atoms with van der Waals surface area (Å²) in [5.74, 6) is 2.60. The predicted octanol–water partition coefficient (Wildman–Crippen LogP) is 4.65. The van der Waals surface area contributed by atoms with Crippen LogP contribution in [0.25, 0.3) is 0 Å². The Morgan fingerprint density at radius 2 is 1.95 bits per heavy atom. The van der Waals surface area contributed by atoms with E-state index in [9.17, 15) is 0 Å². The first kappa shape index (κ1) is 15.7. The Bertz CT molecular complexity index is 425. The minimum atomic E-state index is 0.617. The Morgan fingerprint density at radius 3 is 2.55 bits per heavy atom. The van der Waals surface area contributed by atoms with E-state index in [-0.39, 0.29) is 0 Å². The molecule has 0 heterocycles. The molecule has 0 aliphatic heterocycles. The van der Waals surface area contributed by atoms with Crippen LogP contribution in [0, 0.1) is 11.8 Å². The quantitative estimate of drug-likeness (QED) is 0.853. The first-order valence-electron chi connectivity index (χ1n) is 7.66. The number of benzene rings is 1. The molecule has 1 aromatic rings. The van der Waals surface area contributed by atoms with Gasteiger partial charge in [0, 0.05) is 23.2 Å². The Hall–Kier alpha value is -0.730. The molecule has 3 heteroatoms. The molecule has 1 saturated carbocycles. The lowest BCUT2D eigenvalue weighted by Gasteiger charge is -2.31. The second-order valence-electron chi connectivity index (χ2n) is 6.16. The van der Waals surface area contributed by atoms with Crippen LogP contribution in [0.1, 0.15) is 45.1 Å². The average Bonchev–Trinajstić information content (AvgIpc) is 2.46. The molecular weight excluding hydrogens is 270 g/mol. The van der Waals surface area contributed by atoms with Gasteiger partial charge in [0.2, 0.25) is 0 Å². The van der Waals surface area contributed by atoms with Gasteiger partial charge in [-0.1, -0.05) is 31.5 Å². The van der Waals surface area contributed by atoms with Crippen molar-refractivity contribution in [2.45, 2.75) is 52.1 Å². The van der Waals surface area contributed by atoms with Crippen molar-refractivity contribution in [3.8, 4) is 5.75 Å². The summed E-state index contributed by atoms with van der Waals surface area (Å²) in [7, 11) is 1.70. The van der Waals surface area contributed by atoms with Crippen molar-refractivity contribution >= 4 is 11.6 Å². The maximum atomic E-state index is 6.27.